The summed E-state index contributed by atoms with van der Waals surface area (Å²) in [6, 6.07) is 27.9. The molecule has 16 heteroatoms. The molecule has 0 saturated carbocycles. The molecule has 4 amide bonds. The van der Waals surface area contributed by atoms with Crippen molar-refractivity contribution in [3.05, 3.63) is 108 Å². The number of morpholine rings is 1. The molecule has 0 spiro atoms. The lowest BCUT2D eigenvalue weighted by Crippen LogP contribution is -2.38. The number of rotatable bonds is 4. The van der Waals surface area contributed by atoms with Crippen LogP contribution in [0.1, 0.15) is 33.6 Å². The molecule has 0 radical (unpaired) electrons. The molecule has 0 bridgehead atoms. The summed E-state index contributed by atoms with van der Waals surface area (Å²) in [5.74, 6) is -0.732. The molecule has 0 aliphatic carbocycles. The Morgan fingerprint density at radius 3 is 1.66 bits per heavy atom. The van der Waals surface area contributed by atoms with Gasteiger partial charge in [-0.2, -0.15) is 0 Å². The quantitative estimate of drug-likeness (QED) is 0.201. The number of hydrogen-bond acceptors (Lipinski definition) is 12. The monoisotopic (exact) mass is 841 g/mol. The molecule has 0 unspecified atom stereocenters. The molecule has 1 saturated heterocycles. The Bertz CT molecular complexity index is 1950. The van der Waals surface area contributed by atoms with Gasteiger partial charge < -0.3 is 40.2 Å². The first kappa shape index (κ1) is 43.0. The summed E-state index contributed by atoms with van der Waals surface area (Å²) < 4.78 is 23.2. The normalized spacial score (nSPS) is 17.2. The highest BCUT2D eigenvalue weighted by molar-refractivity contribution is 8.00. The van der Waals surface area contributed by atoms with Crippen molar-refractivity contribution in [1.82, 2.24) is 15.5 Å². The second-order valence-electron chi connectivity index (χ2n) is 13.5. The fourth-order valence-corrected chi connectivity index (χ4v) is 8.24. The molecule has 6 rings (SSSR count). The second-order valence-corrected chi connectivity index (χ2v) is 15.6. The number of amides is 4. The van der Waals surface area contributed by atoms with Crippen LogP contribution < -0.4 is 30.7 Å². The van der Waals surface area contributed by atoms with Gasteiger partial charge in [-0.1, -0.05) is 48.5 Å². The third-order valence-corrected chi connectivity index (χ3v) is 11.5. The highest BCUT2D eigenvalue weighted by atomic mass is 32.2. The SMILES string of the molecule is O=C1COc2ccccc2C(=O)NCCCNC(=O)c2ccccc2OCC(=O)Nc2ccccc2SCC(OC(=O)CCN2CCOCC2)CSc2ccccc2N1. The van der Waals surface area contributed by atoms with Crippen LogP contribution >= 0.6 is 23.5 Å². The van der Waals surface area contributed by atoms with Gasteiger partial charge in [-0.15, -0.1) is 23.5 Å². The van der Waals surface area contributed by atoms with E-state index in [1.165, 1.54) is 23.5 Å². The lowest BCUT2D eigenvalue weighted by molar-refractivity contribution is -0.147. The van der Waals surface area contributed by atoms with E-state index in [0.29, 0.717) is 49.1 Å². The number of carbonyl (C=O) groups is 5. The van der Waals surface area contributed by atoms with Crippen LogP contribution in [-0.2, 0) is 23.9 Å². The lowest BCUT2D eigenvalue weighted by Gasteiger charge is -2.26. The molecule has 310 valence electrons. The fourth-order valence-electron chi connectivity index (χ4n) is 6.09. The predicted molar refractivity (Wildman–Crippen MR) is 227 cm³/mol. The minimum Gasteiger partial charge on any atom is -0.483 e. The molecule has 59 heavy (non-hydrogen) atoms. The van der Waals surface area contributed by atoms with Crippen LogP contribution in [0.5, 0.6) is 11.5 Å². The molecule has 0 atom stereocenters. The predicted octanol–water partition coefficient (Wildman–Crippen LogP) is 5.10. The van der Waals surface area contributed by atoms with E-state index in [9.17, 15) is 24.0 Å². The van der Waals surface area contributed by atoms with Crippen molar-refractivity contribution >= 4 is 64.5 Å². The molecule has 4 aromatic carbocycles. The van der Waals surface area contributed by atoms with Gasteiger partial charge in [-0.25, -0.2) is 0 Å². The van der Waals surface area contributed by atoms with Gasteiger partial charge in [0.1, 0.15) is 17.6 Å². The fraction of sp³-hybridized carbons (Fsp3) is 0.326. The van der Waals surface area contributed by atoms with E-state index in [-0.39, 0.29) is 61.3 Å². The van der Waals surface area contributed by atoms with Gasteiger partial charge >= 0.3 is 5.97 Å². The molecular weight excluding hydrogens is 795 g/mol. The van der Waals surface area contributed by atoms with Gasteiger partial charge in [-0.3, -0.25) is 28.9 Å². The highest BCUT2D eigenvalue weighted by Gasteiger charge is 2.21. The van der Waals surface area contributed by atoms with E-state index in [4.69, 9.17) is 18.9 Å². The number of carbonyl (C=O) groups excluding carboxylic acids is 5. The van der Waals surface area contributed by atoms with Crippen LogP contribution in [0, 0.1) is 0 Å². The Labute approximate surface area is 351 Å². The van der Waals surface area contributed by atoms with Crippen molar-refractivity contribution in [1.29, 1.82) is 0 Å². The van der Waals surface area contributed by atoms with E-state index in [2.05, 4.69) is 26.2 Å². The van der Waals surface area contributed by atoms with Crippen molar-refractivity contribution in [3.8, 4) is 11.5 Å². The standard InChI is InChI=1S/C43H47N5O9S2/c49-39-26-55-35-14-5-1-10-31(35)42(52)44-19-9-20-45-43(53)32-11-2-6-15-36(32)56-27-40(50)47-34-13-4-8-17-38(34)59-29-30(28-58-37-16-7-3-12-33(37)46-39)57-41(51)18-21-48-22-24-54-25-23-48/h1-8,10-17,30H,9,18-29H2,(H,44,52)(H,45,53)(H,46,49)(H,47,50). The number of ether oxygens (including phenoxy) is 4. The summed E-state index contributed by atoms with van der Waals surface area (Å²) in [7, 11) is 0. The Morgan fingerprint density at radius 2 is 1.14 bits per heavy atom. The maximum Gasteiger partial charge on any atom is 0.307 e. The number of nitrogens with one attached hydrogen (secondary N) is 4. The summed E-state index contributed by atoms with van der Waals surface area (Å²) in [6.07, 6.45) is 0.112. The van der Waals surface area contributed by atoms with Crippen LogP contribution in [0.3, 0.4) is 0 Å². The molecular formula is C43H47N5O9S2. The van der Waals surface area contributed by atoms with Gasteiger partial charge in [0, 0.05) is 54.0 Å². The lowest BCUT2D eigenvalue weighted by atomic mass is 10.2. The zero-order valence-electron chi connectivity index (χ0n) is 32.4. The zero-order valence-corrected chi connectivity index (χ0v) is 34.1. The van der Waals surface area contributed by atoms with Crippen LogP contribution in [0.25, 0.3) is 0 Å². The molecule has 0 aromatic heterocycles. The van der Waals surface area contributed by atoms with Gasteiger partial charge in [0.2, 0.25) is 0 Å². The van der Waals surface area contributed by atoms with Crippen LogP contribution in [0.15, 0.2) is 107 Å². The van der Waals surface area contributed by atoms with E-state index in [1.807, 2.05) is 36.4 Å². The number of para-hydroxylation sites is 4. The Balaban J connectivity index is 1.20. The number of esters is 1. The summed E-state index contributed by atoms with van der Waals surface area (Å²) >= 11 is 2.87. The summed E-state index contributed by atoms with van der Waals surface area (Å²) in [6.45, 7) is 3.15. The molecule has 14 nitrogen and oxygen atoms in total. The first-order valence-electron chi connectivity index (χ1n) is 19.4. The van der Waals surface area contributed by atoms with E-state index in [1.54, 1.807) is 60.7 Å². The van der Waals surface area contributed by atoms with Gasteiger partial charge in [-0.05, 0) is 55.0 Å². The van der Waals surface area contributed by atoms with Crippen molar-refractivity contribution in [3.63, 3.8) is 0 Å². The average molecular weight is 842 g/mol. The van der Waals surface area contributed by atoms with Crippen molar-refractivity contribution in [2.24, 2.45) is 0 Å². The van der Waals surface area contributed by atoms with Crippen LogP contribution in [0.4, 0.5) is 11.4 Å². The van der Waals surface area contributed by atoms with Crippen molar-refractivity contribution in [2.75, 3.05) is 81.3 Å². The molecule has 2 aliphatic heterocycles. The van der Waals surface area contributed by atoms with Gasteiger partial charge in [0.25, 0.3) is 23.6 Å². The first-order chi connectivity index (χ1) is 28.8. The maximum atomic E-state index is 13.2. The first-order valence-corrected chi connectivity index (χ1v) is 21.3. The van der Waals surface area contributed by atoms with E-state index in [0.717, 1.165) is 22.9 Å². The van der Waals surface area contributed by atoms with Crippen LogP contribution in [-0.4, -0.2) is 111 Å². The molecule has 1 fully saturated rings. The number of thioether (sulfide) groups is 2. The molecule has 2 aliphatic rings. The molecule has 4 aromatic rings. The number of nitrogens with zero attached hydrogens (tertiary/aromatic N) is 1. The van der Waals surface area contributed by atoms with Crippen LogP contribution in [0.2, 0.25) is 0 Å². The molecule has 2 heterocycles. The van der Waals surface area contributed by atoms with Crippen molar-refractivity contribution in [2.45, 2.75) is 28.7 Å². The number of hydrogen-bond donors (Lipinski definition) is 4. The van der Waals surface area contributed by atoms with E-state index >= 15 is 0 Å². The number of benzene rings is 4. The largest absolute Gasteiger partial charge is 0.483 e. The smallest absolute Gasteiger partial charge is 0.307 e. The number of fused-ring (bicyclic) bond motifs is 4. The zero-order chi connectivity index (χ0) is 41.2. The van der Waals surface area contributed by atoms with Gasteiger partial charge in [0.05, 0.1) is 42.1 Å². The second kappa shape index (κ2) is 22.6. The third kappa shape index (κ3) is 13.5. The Kier molecular flexibility index (Phi) is 16.5. The van der Waals surface area contributed by atoms with E-state index < -0.39 is 29.7 Å². The summed E-state index contributed by atoms with van der Waals surface area (Å²) in [5.41, 5.74) is 1.63. The van der Waals surface area contributed by atoms with Gasteiger partial charge in [0.15, 0.2) is 13.2 Å². The molecule has 4 N–H and O–H groups in total. The topological polar surface area (TPSA) is 174 Å². The average Bonchev–Trinajstić information content (AvgIpc) is 3.26. The summed E-state index contributed by atoms with van der Waals surface area (Å²) in [5, 5.41) is 11.5. The Morgan fingerprint density at radius 1 is 0.661 bits per heavy atom. The summed E-state index contributed by atoms with van der Waals surface area (Å²) in [4.78, 5) is 69.5. The minimum absolute atomic E-state index is 0.223. The highest BCUT2D eigenvalue weighted by Crippen LogP contribution is 2.32. The van der Waals surface area contributed by atoms with Crippen molar-refractivity contribution < 1.29 is 42.9 Å². The third-order valence-electron chi connectivity index (χ3n) is 9.11. The Hall–Kier alpha value is -5.55. The maximum absolute atomic E-state index is 13.2. The number of anilines is 2. The minimum atomic E-state index is -0.543.